The molecular formula is C12H13F3O. The number of aliphatic hydroxyl groups is 1. The van der Waals surface area contributed by atoms with Crippen LogP contribution in [0.4, 0.5) is 13.2 Å². The summed E-state index contributed by atoms with van der Waals surface area (Å²) >= 11 is 0. The van der Waals surface area contributed by atoms with E-state index in [0.717, 1.165) is 25.3 Å². The van der Waals surface area contributed by atoms with Crippen LogP contribution in [0.15, 0.2) is 12.1 Å². The van der Waals surface area contributed by atoms with Gasteiger partial charge in [0.05, 0.1) is 0 Å². The summed E-state index contributed by atoms with van der Waals surface area (Å²) in [4.78, 5) is 0. The van der Waals surface area contributed by atoms with Crippen molar-refractivity contribution >= 4 is 0 Å². The lowest BCUT2D eigenvalue weighted by Gasteiger charge is -2.40. The van der Waals surface area contributed by atoms with Crippen LogP contribution in [-0.2, 0) is 6.42 Å². The lowest BCUT2D eigenvalue weighted by Crippen LogP contribution is -2.35. The zero-order valence-electron chi connectivity index (χ0n) is 8.77. The van der Waals surface area contributed by atoms with E-state index in [1.807, 2.05) is 0 Å². The van der Waals surface area contributed by atoms with Crippen LogP contribution in [0, 0.1) is 22.9 Å². The molecule has 0 radical (unpaired) electrons. The molecule has 1 aliphatic rings. The molecule has 88 valence electrons. The molecule has 0 amide bonds. The van der Waals surface area contributed by atoms with E-state index in [1.165, 1.54) is 0 Å². The van der Waals surface area contributed by atoms with E-state index in [-0.39, 0.29) is 24.0 Å². The van der Waals surface area contributed by atoms with Crippen molar-refractivity contribution in [3.05, 3.63) is 35.1 Å². The number of halogens is 3. The first kappa shape index (κ1) is 11.5. The second-order valence-corrected chi connectivity index (χ2v) is 4.55. The Morgan fingerprint density at radius 1 is 1.06 bits per heavy atom. The Morgan fingerprint density at radius 3 is 2.19 bits per heavy atom. The van der Waals surface area contributed by atoms with Gasteiger partial charge in [-0.3, -0.25) is 0 Å². The summed E-state index contributed by atoms with van der Waals surface area (Å²) in [5, 5.41) is 9.22. The maximum Gasteiger partial charge on any atom is 0.161 e. The van der Waals surface area contributed by atoms with Crippen molar-refractivity contribution in [2.75, 3.05) is 6.61 Å². The van der Waals surface area contributed by atoms with Crippen LogP contribution >= 0.6 is 0 Å². The van der Waals surface area contributed by atoms with E-state index in [0.29, 0.717) is 6.07 Å². The van der Waals surface area contributed by atoms with Crippen molar-refractivity contribution in [1.82, 2.24) is 0 Å². The highest BCUT2D eigenvalue weighted by atomic mass is 19.2. The molecule has 4 heteroatoms. The normalized spacial score (nSPS) is 18.2. The molecule has 2 rings (SSSR count). The van der Waals surface area contributed by atoms with Crippen LogP contribution in [-0.4, -0.2) is 11.7 Å². The minimum Gasteiger partial charge on any atom is -0.396 e. The van der Waals surface area contributed by atoms with Crippen LogP contribution in [0.1, 0.15) is 24.8 Å². The predicted octanol–water partition coefficient (Wildman–Crippen LogP) is 2.81. The molecule has 0 spiro atoms. The van der Waals surface area contributed by atoms with E-state index < -0.39 is 17.5 Å². The molecule has 1 fully saturated rings. The minimum atomic E-state index is -1.17. The lowest BCUT2D eigenvalue weighted by atomic mass is 9.66. The van der Waals surface area contributed by atoms with Gasteiger partial charge in [-0.25, -0.2) is 13.2 Å². The second-order valence-electron chi connectivity index (χ2n) is 4.55. The molecule has 0 aromatic heterocycles. The largest absolute Gasteiger partial charge is 0.396 e. The highest BCUT2D eigenvalue weighted by Gasteiger charge is 2.37. The number of aliphatic hydroxyl groups excluding tert-OH is 1. The maximum atomic E-state index is 13.4. The van der Waals surface area contributed by atoms with Gasteiger partial charge >= 0.3 is 0 Å². The quantitative estimate of drug-likeness (QED) is 0.791. The molecule has 1 aromatic carbocycles. The predicted molar refractivity (Wildman–Crippen MR) is 53.4 cm³/mol. The van der Waals surface area contributed by atoms with Crippen molar-refractivity contribution in [3.8, 4) is 0 Å². The van der Waals surface area contributed by atoms with Gasteiger partial charge in [-0.2, -0.15) is 0 Å². The van der Waals surface area contributed by atoms with Crippen molar-refractivity contribution in [2.24, 2.45) is 5.41 Å². The highest BCUT2D eigenvalue weighted by Crippen LogP contribution is 2.43. The summed E-state index contributed by atoms with van der Waals surface area (Å²) in [5.74, 6) is -2.95. The Morgan fingerprint density at radius 2 is 1.69 bits per heavy atom. The molecule has 1 nitrogen and oxygen atoms in total. The Bertz CT molecular complexity index is 394. The molecule has 0 unspecified atom stereocenters. The lowest BCUT2D eigenvalue weighted by molar-refractivity contribution is 0.0441. The molecule has 1 saturated carbocycles. The summed E-state index contributed by atoms with van der Waals surface area (Å²) in [6, 6.07) is 1.45. The molecule has 0 heterocycles. The first-order valence-corrected chi connectivity index (χ1v) is 5.31. The van der Waals surface area contributed by atoms with Crippen molar-refractivity contribution < 1.29 is 18.3 Å². The fraction of sp³-hybridized carbons (Fsp3) is 0.500. The summed E-state index contributed by atoms with van der Waals surface area (Å²) in [5.41, 5.74) is -0.182. The third kappa shape index (κ3) is 1.94. The van der Waals surface area contributed by atoms with Gasteiger partial charge in [0.1, 0.15) is 5.82 Å². The van der Waals surface area contributed by atoms with Gasteiger partial charge in [0, 0.05) is 12.7 Å². The second kappa shape index (κ2) is 4.09. The maximum absolute atomic E-state index is 13.4. The third-order valence-corrected chi connectivity index (χ3v) is 3.40. The highest BCUT2D eigenvalue weighted by molar-refractivity contribution is 5.22. The fourth-order valence-corrected chi connectivity index (χ4v) is 2.17. The summed E-state index contributed by atoms with van der Waals surface area (Å²) in [6.45, 7) is -0.0363. The van der Waals surface area contributed by atoms with Gasteiger partial charge in [0.25, 0.3) is 0 Å². The monoisotopic (exact) mass is 230 g/mol. The smallest absolute Gasteiger partial charge is 0.161 e. The Hall–Kier alpha value is -1.03. The molecule has 0 aliphatic heterocycles. The van der Waals surface area contributed by atoms with Crippen LogP contribution in [0.3, 0.4) is 0 Å². The van der Waals surface area contributed by atoms with Crippen LogP contribution in [0.25, 0.3) is 0 Å². The van der Waals surface area contributed by atoms with E-state index in [2.05, 4.69) is 0 Å². The molecule has 0 atom stereocenters. The minimum absolute atomic E-state index is 0.0363. The fourth-order valence-electron chi connectivity index (χ4n) is 2.17. The Balaban J connectivity index is 2.24. The number of hydrogen-bond donors (Lipinski definition) is 1. The van der Waals surface area contributed by atoms with E-state index in [9.17, 15) is 18.3 Å². The summed E-state index contributed by atoms with van der Waals surface area (Å²) < 4.78 is 39.0. The molecule has 0 saturated heterocycles. The van der Waals surface area contributed by atoms with Crippen LogP contribution in [0.2, 0.25) is 0 Å². The van der Waals surface area contributed by atoms with Crippen LogP contribution < -0.4 is 0 Å². The van der Waals surface area contributed by atoms with Gasteiger partial charge in [0.15, 0.2) is 11.6 Å². The third-order valence-electron chi connectivity index (χ3n) is 3.40. The first-order chi connectivity index (χ1) is 7.56. The van der Waals surface area contributed by atoms with Gasteiger partial charge < -0.3 is 5.11 Å². The average molecular weight is 230 g/mol. The standard InChI is InChI=1S/C12H13F3O/c13-9-5-11(15)10(14)4-8(9)6-12(7-16)2-1-3-12/h4-5,16H,1-3,6-7H2. The zero-order chi connectivity index (χ0) is 11.8. The number of benzene rings is 1. The molecule has 1 aliphatic carbocycles. The van der Waals surface area contributed by atoms with E-state index in [4.69, 9.17) is 0 Å². The number of rotatable bonds is 3. The van der Waals surface area contributed by atoms with Gasteiger partial charge in [0.2, 0.25) is 0 Å². The summed E-state index contributed by atoms with van der Waals surface area (Å²) in [6.07, 6.45) is 2.88. The number of hydrogen-bond acceptors (Lipinski definition) is 1. The van der Waals surface area contributed by atoms with E-state index in [1.54, 1.807) is 0 Å². The van der Waals surface area contributed by atoms with Crippen molar-refractivity contribution in [1.29, 1.82) is 0 Å². The molecule has 1 aromatic rings. The average Bonchev–Trinajstić information content (AvgIpc) is 2.19. The molecular weight excluding hydrogens is 217 g/mol. The van der Waals surface area contributed by atoms with Gasteiger partial charge in [-0.15, -0.1) is 0 Å². The molecule has 16 heavy (non-hydrogen) atoms. The van der Waals surface area contributed by atoms with Crippen molar-refractivity contribution in [2.45, 2.75) is 25.7 Å². The SMILES string of the molecule is OCC1(Cc2cc(F)c(F)cc2F)CCC1. The van der Waals surface area contributed by atoms with Gasteiger partial charge in [-0.05, 0) is 36.3 Å². The van der Waals surface area contributed by atoms with E-state index >= 15 is 0 Å². The topological polar surface area (TPSA) is 20.2 Å². The molecule has 1 N–H and O–H groups in total. The summed E-state index contributed by atoms with van der Waals surface area (Å²) in [7, 11) is 0. The van der Waals surface area contributed by atoms with Crippen LogP contribution in [0.5, 0.6) is 0 Å². The first-order valence-electron chi connectivity index (χ1n) is 5.31. The Labute approximate surface area is 91.9 Å². The van der Waals surface area contributed by atoms with Gasteiger partial charge in [-0.1, -0.05) is 6.42 Å². The molecule has 0 bridgehead atoms. The van der Waals surface area contributed by atoms with Crippen molar-refractivity contribution in [3.63, 3.8) is 0 Å². The Kier molecular flexibility index (Phi) is 2.93. The zero-order valence-corrected chi connectivity index (χ0v) is 8.77.